The predicted molar refractivity (Wildman–Crippen MR) is 128 cm³/mol. The van der Waals surface area contributed by atoms with Crippen LogP contribution in [0.3, 0.4) is 0 Å². The van der Waals surface area contributed by atoms with Crippen molar-refractivity contribution in [2.24, 2.45) is 0 Å². The molecule has 3 aromatic carbocycles. The molecular formula is C28H35NO3. The van der Waals surface area contributed by atoms with Crippen LogP contribution < -0.4 is 0 Å². The van der Waals surface area contributed by atoms with E-state index in [0.717, 1.165) is 16.7 Å². The van der Waals surface area contributed by atoms with E-state index < -0.39 is 11.1 Å². The number of rotatable bonds is 12. The summed E-state index contributed by atoms with van der Waals surface area (Å²) in [6.45, 7) is 7.84. The van der Waals surface area contributed by atoms with Crippen LogP contribution in [0, 0.1) is 0 Å². The molecule has 3 rings (SSSR count). The van der Waals surface area contributed by atoms with Gasteiger partial charge >= 0.3 is 0 Å². The lowest BCUT2D eigenvalue weighted by molar-refractivity contribution is -0.264. The molecule has 4 heteroatoms. The minimum Gasteiger partial charge on any atom is -0.375 e. The van der Waals surface area contributed by atoms with Gasteiger partial charge in [0.25, 0.3) is 0 Å². The lowest BCUT2D eigenvalue weighted by atomic mass is 9.84. The smallest absolute Gasteiger partial charge is 0.0945 e. The van der Waals surface area contributed by atoms with E-state index >= 15 is 0 Å². The maximum Gasteiger partial charge on any atom is 0.0945 e. The SMILES string of the molecule is CCC(COCc1ccccc1)(c1ccccc1)N(O)C(C)(C)COCc1ccccc1. The highest BCUT2D eigenvalue weighted by atomic mass is 16.5. The number of nitrogens with zero attached hydrogens (tertiary/aromatic N) is 1. The van der Waals surface area contributed by atoms with Gasteiger partial charge in [-0.2, -0.15) is 5.06 Å². The summed E-state index contributed by atoms with van der Waals surface area (Å²) in [5, 5.41) is 13.1. The number of hydroxylamine groups is 2. The molecule has 0 heterocycles. The van der Waals surface area contributed by atoms with Crippen molar-refractivity contribution in [2.75, 3.05) is 13.2 Å². The second kappa shape index (κ2) is 11.4. The summed E-state index contributed by atoms with van der Waals surface area (Å²) < 4.78 is 12.2. The first-order chi connectivity index (χ1) is 15.5. The molecule has 0 spiro atoms. The van der Waals surface area contributed by atoms with Gasteiger partial charge < -0.3 is 14.7 Å². The normalized spacial score (nSPS) is 13.8. The Morgan fingerprint density at radius 3 is 1.59 bits per heavy atom. The maximum atomic E-state index is 11.6. The van der Waals surface area contributed by atoms with Gasteiger partial charge in [0.1, 0.15) is 0 Å². The summed E-state index contributed by atoms with van der Waals surface area (Å²) in [4.78, 5) is 0. The predicted octanol–water partition coefficient (Wildman–Crippen LogP) is 6.20. The number of hydrogen-bond acceptors (Lipinski definition) is 4. The lowest BCUT2D eigenvalue weighted by Gasteiger charge is -2.47. The quantitative estimate of drug-likeness (QED) is 0.346. The second-order valence-corrected chi connectivity index (χ2v) is 8.83. The Balaban J connectivity index is 1.75. The van der Waals surface area contributed by atoms with Crippen LogP contribution in [0.5, 0.6) is 0 Å². The Hall–Kier alpha value is -2.50. The van der Waals surface area contributed by atoms with Crippen molar-refractivity contribution < 1.29 is 14.7 Å². The van der Waals surface area contributed by atoms with Crippen molar-refractivity contribution in [3.8, 4) is 0 Å². The molecule has 0 saturated carbocycles. The Morgan fingerprint density at radius 1 is 0.688 bits per heavy atom. The van der Waals surface area contributed by atoms with Crippen LogP contribution in [0.25, 0.3) is 0 Å². The van der Waals surface area contributed by atoms with Crippen molar-refractivity contribution in [1.82, 2.24) is 5.06 Å². The van der Waals surface area contributed by atoms with Crippen LogP contribution in [0.1, 0.15) is 43.9 Å². The molecule has 0 aromatic heterocycles. The highest BCUT2D eigenvalue weighted by Gasteiger charge is 2.44. The second-order valence-electron chi connectivity index (χ2n) is 8.83. The van der Waals surface area contributed by atoms with Gasteiger partial charge in [0.15, 0.2) is 0 Å². The molecule has 0 amide bonds. The lowest BCUT2D eigenvalue weighted by Crippen LogP contribution is -2.58. The molecule has 0 bridgehead atoms. The van der Waals surface area contributed by atoms with Gasteiger partial charge in [0, 0.05) is 0 Å². The summed E-state index contributed by atoms with van der Waals surface area (Å²) >= 11 is 0. The molecule has 0 fully saturated rings. The monoisotopic (exact) mass is 433 g/mol. The molecular weight excluding hydrogens is 398 g/mol. The van der Waals surface area contributed by atoms with E-state index in [2.05, 4.69) is 19.1 Å². The van der Waals surface area contributed by atoms with Crippen LogP contribution in [0.2, 0.25) is 0 Å². The molecule has 1 atom stereocenters. The molecule has 0 radical (unpaired) electrons. The van der Waals surface area contributed by atoms with Crippen LogP contribution in [-0.2, 0) is 28.2 Å². The minimum atomic E-state index is -0.699. The van der Waals surface area contributed by atoms with Crippen molar-refractivity contribution in [3.05, 3.63) is 108 Å². The first-order valence-electron chi connectivity index (χ1n) is 11.3. The average Bonchev–Trinajstić information content (AvgIpc) is 2.83. The third kappa shape index (κ3) is 6.05. The zero-order valence-corrected chi connectivity index (χ0v) is 19.4. The molecule has 1 N–H and O–H groups in total. The van der Waals surface area contributed by atoms with Crippen LogP contribution in [-0.4, -0.2) is 29.0 Å². The van der Waals surface area contributed by atoms with E-state index in [1.807, 2.05) is 92.7 Å². The summed E-state index contributed by atoms with van der Waals surface area (Å²) in [5.41, 5.74) is 1.92. The van der Waals surface area contributed by atoms with E-state index in [0.29, 0.717) is 32.8 Å². The van der Waals surface area contributed by atoms with E-state index in [9.17, 15) is 5.21 Å². The third-order valence-electron chi connectivity index (χ3n) is 5.89. The molecule has 0 aliphatic rings. The van der Waals surface area contributed by atoms with Crippen molar-refractivity contribution in [2.45, 2.75) is 51.5 Å². The third-order valence-corrected chi connectivity index (χ3v) is 5.89. The van der Waals surface area contributed by atoms with E-state index in [1.54, 1.807) is 0 Å². The largest absolute Gasteiger partial charge is 0.375 e. The van der Waals surface area contributed by atoms with E-state index in [-0.39, 0.29) is 0 Å². The van der Waals surface area contributed by atoms with Crippen LogP contribution in [0.15, 0.2) is 91.0 Å². The number of benzene rings is 3. The summed E-state index contributed by atoms with van der Waals surface area (Å²) in [7, 11) is 0. The number of ether oxygens (including phenoxy) is 2. The Morgan fingerprint density at radius 2 is 1.12 bits per heavy atom. The first kappa shape index (κ1) is 24.1. The Kier molecular flexibility index (Phi) is 8.60. The van der Waals surface area contributed by atoms with Gasteiger partial charge in [0.2, 0.25) is 0 Å². The van der Waals surface area contributed by atoms with Gasteiger partial charge in [-0.1, -0.05) is 97.9 Å². The summed E-state index contributed by atoms with van der Waals surface area (Å²) in [6, 6.07) is 30.3. The average molecular weight is 434 g/mol. The zero-order chi connectivity index (χ0) is 22.9. The standard InChI is InChI=1S/C28H35NO3/c1-4-28(26-18-12-7-13-19-26,23-32-21-25-16-10-6-11-17-25)29(30)27(2,3)22-31-20-24-14-8-5-9-15-24/h5-19,30H,4,20-23H2,1-3H3. The number of hydrogen-bond donors (Lipinski definition) is 1. The molecule has 0 saturated heterocycles. The van der Waals surface area contributed by atoms with E-state index in [4.69, 9.17) is 9.47 Å². The first-order valence-corrected chi connectivity index (χ1v) is 11.3. The van der Waals surface area contributed by atoms with Gasteiger partial charge in [-0.05, 0) is 37.0 Å². The van der Waals surface area contributed by atoms with Crippen molar-refractivity contribution in [1.29, 1.82) is 0 Å². The summed E-state index contributed by atoms with van der Waals surface area (Å²) in [5.74, 6) is 0. The molecule has 1 unspecified atom stereocenters. The Bertz CT molecular complexity index is 915. The highest BCUT2D eigenvalue weighted by molar-refractivity contribution is 5.25. The van der Waals surface area contributed by atoms with E-state index in [1.165, 1.54) is 5.06 Å². The fourth-order valence-electron chi connectivity index (χ4n) is 4.02. The van der Waals surface area contributed by atoms with Gasteiger partial charge in [-0.15, -0.1) is 0 Å². The zero-order valence-electron chi connectivity index (χ0n) is 19.4. The molecule has 3 aromatic rings. The Labute approximate surface area is 192 Å². The summed E-state index contributed by atoms with van der Waals surface area (Å²) in [6.07, 6.45) is 0.685. The molecule has 170 valence electrons. The molecule has 0 aliphatic carbocycles. The van der Waals surface area contributed by atoms with Gasteiger partial charge in [0.05, 0.1) is 37.5 Å². The molecule has 32 heavy (non-hydrogen) atoms. The maximum absolute atomic E-state index is 11.6. The topological polar surface area (TPSA) is 41.9 Å². The molecule has 4 nitrogen and oxygen atoms in total. The van der Waals surface area contributed by atoms with Crippen LogP contribution in [0.4, 0.5) is 0 Å². The van der Waals surface area contributed by atoms with Gasteiger partial charge in [-0.3, -0.25) is 0 Å². The molecule has 0 aliphatic heterocycles. The highest BCUT2D eigenvalue weighted by Crippen LogP contribution is 2.37. The van der Waals surface area contributed by atoms with Crippen LogP contribution >= 0.6 is 0 Å². The fourth-order valence-corrected chi connectivity index (χ4v) is 4.02. The van der Waals surface area contributed by atoms with Gasteiger partial charge in [-0.25, -0.2) is 0 Å². The fraction of sp³-hybridized carbons (Fsp3) is 0.357. The minimum absolute atomic E-state index is 0.362. The van der Waals surface area contributed by atoms with Crippen molar-refractivity contribution >= 4 is 0 Å². The van der Waals surface area contributed by atoms with Crippen molar-refractivity contribution in [3.63, 3.8) is 0 Å².